The summed E-state index contributed by atoms with van der Waals surface area (Å²) in [5.41, 5.74) is 0. The first-order valence-corrected chi connectivity index (χ1v) is 25.4. The first-order valence-electron chi connectivity index (χ1n) is 23.1. The van der Waals surface area contributed by atoms with E-state index in [1.807, 2.05) is 11.8 Å². The van der Waals surface area contributed by atoms with E-state index in [-0.39, 0.29) is 109 Å². The van der Waals surface area contributed by atoms with Crippen LogP contribution >= 0.6 is 11.8 Å². The maximum absolute atomic E-state index is 12.6. The summed E-state index contributed by atoms with van der Waals surface area (Å²) >= 11 is 1.82. The molecule has 0 aliphatic carbocycles. The molecule has 0 aromatic carbocycles. The van der Waals surface area contributed by atoms with E-state index < -0.39 is 133 Å². The van der Waals surface area contributed by atoms with E-state index in [4.69, 9.17) is 28.4 Å². The Morgan fingerprint density at radius 3 is 1.99 bits per heavy atom. The zero-order chi connectivity index (χ0) is 52.2. The van der Waals surface area contributed by atoms with Crippen molar-refractivity contribution in [2.75, 3.05) is 38.7 Å². The molecule has 0 bridgehead atoms. The van der Waals surface area contributed by atoms with Crippen molar-refractivity contribution in [3.8, 4) is 0 Å². The normalized spacial score (nSPS) is 34.9. The van der Waals surface area contributed by atoms with Crippen LogP contribution in [0.5, 0.6) is 0 Å². The number of amides is 6. The molecular formula is C40H64N6Na2O23S2. The zero-order valence-corrected chi connectivity index (χ0v) is 46.4. The number of thioether (sulfide) groups is 1. The predicted octanol–water partition coefficient (Wildman–Crippen LogP) is -13.5. The van der Waals surface area contributed by atoms with E-state index in [1.165, 1.54) is 0 Å². The summed E-state index contributed by atoms with van der Waals surface area (Å²) in [6.45, 7) is -0.105. The Balaban J connectivity index is 0.00000703. The van der Waals surface area contributed by atoms with Crippen LogP contribution in [0.4, 0.5) is 4.79 Å². The van der Waals surface area contributed by atoms with Crippen molar-refractivity contribution in [1.29, 1.82) is 0 Å². The molecule has 406 valence electrons. The van der Waals surface area contributed by atoms with Crippen LogP contribution in [0.15, 0.2) is 0 Å². The number of hydrogen-bond donors (Lipinski definition) is 12. The van der Waals surface area contributed by atoms with Crippen LogP contribution in [0, 0.1) is 0 Å². The summed E-state index contributed by atoms with van der Waals surface area (Å²) < 4.78 is 72.1. The molecule has 5 heterocycles. The van der Waals surface area contributed by atoms with E-state index in [0.717, 1.165) is 38.9 Å². The molecule has 12 N–H and O–H groups in total. The number of rotatable bonds is 26. The number of hydrogen-bond acceptors (Lipinski definition) is 24. The Kier molecular flexibility index (Phi) is 27.9. The van der Waals surface area contributed by atoms with Gasteiger partial charge in [0.1, 0.15) is 73.1 Å². The van der Waals surface area contributed by atoms with E-state index in [0.29, 0.717) is 37.5 Å². The van der Waals surface area contributed by atoms with Crippen molar-refractivity contribution >= 4 is 57.8 Å². The summed E-state index contributed by atoms with van der Waals surface area (Å²) in [5, 5.41) is 93.3. The molecular weight excluding hydrogens is 1040 g/mol. The molecule has 5 fully saturated rings. The molecule has 5 rings (SSSR count). The number of ether oxygens (including phenoxy) is 6. The summed E-state index contributed by atoms with van der Waals surface area (Å²) in [6.07, 6.45) is -21.5. The largest absolute Gasteiger partial charge is 1.00 e. The molecule has 29 nitrogen and oxygen atoms in total. The van der Waals surface area contributed by atoms with Gasteiger partial charge in [-0.25, -0.2) is 13.2 Å². The smallest absolute Gasteiger partial charge is 0.726 e. The number of carboxylic acid groups (broad SMARTS) is 1. The third-order valence-corrected chi connectivity index (χ3v) is 14.2. The van der Waals surface area contributed by atoms with Gasteiger partial charge in [-0.2, -0.15) is 11.8 Å². The average molecular weight is 1110 g/mol. The Morgan fingerprint density at radius 1 is 0.740 bits per heavy atom. The average Bonchev–Trinajstić information content (AvgIpc) is 3.86. The van der Waals surface area contributed by atoms with Gasteiger partial charge in [0.2, 0.25) is 34.0 Å². The first-order chi connectivity index (χ1) is 33.6. The van der Waals surface area contributed by atoms with E-state index >= 15 is 0 Å². The number of carboxylic acids is 1. The number of nitrogens with one attached hydrogen (secondary N) is 6. The molecule has 5 saturated heterocycles. The summed E-state index contributed by atoms with van der Waals surface area (Å²) in [5.74, 6) is -3.25. The maximum atomic E-state index is 12.6. The van der Waals surface area contributed by atoms with Crippen molar-refractivity contribution in [2.24, 2.45) is 0 Å². The quantitative estimate of drug-likeness (QED) is 0.0126. The molecule has 0 unspecified atom stereocenters. The van der Waals surface area contributed by atoms with Crippen LogP contribution < -0.4 is 96.1 Å². The fourth-order valence-electron chi connectivity index (χ4n) is 8.72. The van der Waals surface area contributed by atoms with Gasteiger partial charge in [-0.05, 0) is 25.7 Å². The molecule has 0 saturated carbocycles. The molecule has 0 spiro atoms. The number of carbonyl (C=O) groups excluding carboxylic acids is 6. The fourth-order valence-corrected chi connectivity index (χ4v) is 10.6. The number of urea groups is 1. The molecule has 5 aliphatic rings. The van der Waals surface area contributed by atoms with Gasteiger partial charge in [0.25, 0.3) is 0 Å². The molecule has 0 radical (unpaired) electrons. The van der Waals surface area contributed by atoms with Crippen molar-refractivity contribution in [3.05, 3.63) is 0 Å². The van der Waals surface area contributed by atoms with Gasteiger partial charge in [0.05, 0.1) is 37.9 Å². The molecule has 0 aromatic heterocycles. The number of aliphatic hydroxyl groups is 6. The van der Waals surface area contributed by atoms with Gasteiger partial charge >= 0.3 is 65.1 Å². The number of aliphatic hydroxyl groups excluding tert-OH is 6. The Morgan fingerprint density at radius 2 is 1.36 bits per heavy atom. The van der Waals surface area contributed by atoms with Crippen molar-refractivity contribution < 1.29 is 169 Å². The van der Waals surface area contributed by atoms with Crippen molar-refractivity contribution in [2.45, 2.75) is 175 Å². The number of fused-ring (bicyclic) bond motifs is 1. The second-order valence-electron chi connectivity index (χ2n) is 17.6. The molecule has 6 amide bonds. The molecule has 33 heteroatoms. The topological polar surface area (TPSA) is 441 Å². The van der Waals surface area contributed by atoms with Gasteiger partial charge in [-0.1, -0.05) is 12.8 Å². The van der Waals surface area contributed by atoms with Crippen LogP contribution in [0.25, 0.3) is 0 Å². The number of unbranched alkanes of at least 4 members (excludes halogenated alkanes) is 3. The standard InChI is InChI=1S/C40H66N6O23S2.2Na/c1-17(48)43-26-30(54)28(52)20(14-47)65-38(26)68-34-31(55)32(56)39(69-35(34)36(57)58)67-33-27(44-18(2)49)37(66-21(29(33)53)15-64-71(60,61)62)63-13-12-42-24(51)9-4-3-7-11-41-23(50)10-6-5-8-22-25-19(16-70-22)45-40(59)46-25;;/h19-22,25-35,37-39,47,52-56H,3-16H2,1-2H3,(H,41,50)(H,42,51)(H,43,48)(H,44,49)(H,57,58)(H2,45,46,59)(H,60,61,62);;/q;2*+1/p-2/t19-,20+,21+,22-,25-,26+,27+,28-,29-,30+,31+,32+,33+,34-,35-,37+,38-,39+;;/m0../s1. The summed E-state index contributed by atoms with van der Waals surface area (Å²) in [4.78, 5) is 73.3. The third-order valence-electron chi connectivity index (χ3n) is 12.2. The minimum atomic E-state index is -5.40. The zero-order valence-electron chi connectivity index (χ0n) is 40.7. The van der Waals surface area contributed by atoms with Crippen molar-refractivity contribution in [3.63, 3.8) is 0 Å². The minimum Gasteiger partial charge on any atom is -0.726 e. The first kappa shape index (κ1) is 65.6. The SMILES string of the molecule is CC(=O)N[C@H]1[C@H](O[C@H]2[C@H](O)[C@@H](O)[C@H](O[C@H]3[C@@H](O)[C@@H](COS(=O)(=O)[O-])O[C@@H](OCCNC(=O)CCCCCNC(=O)CCCC[C@@H]4SC[C@@H]5NC(=O)N[C@@H]54)[C@@H]3NC(C)=O)O[C@@H]2C(=O)[O-])O[C@H](CO)[C@H](O)[C@@H]1O.[Na+].[Na+]. The summed E-state index contributed by atoms with van der Waals surface area (Å²) in [7, 11) is -5.40. The van der Waals surface area contributed by atoms with Crippen molar-refractivity contribution in [1.82, 2.24) is 31.9 Å². The van der Waals surface area contributed by atoms with Crippen LogP contribution in [-0.4, -0.2) is 227 Å². The Hall–Kier alpha value is -1.64. The number of aliphatic carboxylic acids is 1. The van der Waals surface area contributed by atoms with E-state index in [1.54, 1.807) is 0 Å². The molecule has 5 aliphatic heterocycles. The van der Waals surface area contributed by atoms with Gasteiger partial charge in [-0.15, -0.1) is 0 Å². The molecule has 18 atom stereocenters. The second-order valence-corrected chi connectivity index (χ2v) is 19.9. The monoisotopic (exact) mass is 1110 g/mol. The van der Waals surface area contributed by atoms with Gasteiger partial charge in [0.15, 0.2) is 18.9 Å². The van der Waals surface area contributed by atoms with Crippen LogP contribution in [0.3, 0.4) is 0 Å². The summed E-state index contributed by atoms with van der Waals surface area (Å²) in [6, 6.07) is -3.13. The van der Waals surface area contributed by atoms with E-state index in [9.17, 15) is 77.5 Å². The van der Waals surface area contributed by atoms with Gasteiger partial charge in [0, 0.05) is 50.8 Å². The maximum Gasteiger partial charge on any atom is 1.00 e. The third kappa shape index (κ3) is 19.3. The van der Waals surface area contributed by atoms with Gasteiger partial charge < -0.3 is 105 Å². The van der Waals surface area contributed by atoms with Gasteiger partial charge in [-0.3, -0.25) is 23.4 Å². The minimum absolute atomic E-state index is 0. The predicted molar refractivity (Wildman–Crippen MR) is 233 cm³/mol. The number of carbonyl (C=O) groups is 6. The Bertz CT molecular complexity index is 1940. The van der Waals surface area contributed by atoms with Crippen LogP contribution in [-0.2, 0) is 67.0 Å². The fraction of sp³-hybridized carbons (Fsp3) is 0.850. The Labute approximate surface area is 468 Å². The molecule has 73 heavy (non-hydrogen) atoms. The van der Waals surface area contributed by atoms with E-state index in [2.05, 4.69) is 36.1 Å². The second kappa shape index (κ2) is 31.1. The van der Waals surface area contributed by atoms with Crippen LogP contribution in [0.2, 0.25) is 0 Å². The van der Waals surface area contributed by atoms with Crippen LogP contribution in [0.1, 0.15) is 65.2 Å². The molecule has 0 aromatic rings.